The van der Waals surface area contributed by atoms with Gasteiger partial charge in [0.15, 0.2) is 18.1 Å². The highest BCUT2D eigenvalue weighted by molar-refractivity contribution is 7.10. The molecule has 1 aromatic carbocycles. The fourth-order valence-electron chi connectivity index (χ4n) is 3.04. The molecule has 28 heavy (non-hydrogen) atoms. The molecule has 0 spiro atoms. The van der Waals surface area contributed by atoms with E-state index in [9.17, 15) is 4.79 Å². The van der Waals surface area contributed by atoms with Crippen LogP contribution in [0.3, 0.4) is 0 Å². The number of ether oxygens (including phenoxy) is 2. The summed E-state index contributed by atoms with van der Waals surface area (Å²) in [6.07, 6.45) is 5.28. The highest BCUT2D eigenvalue weighted by Crippen LogP contribution is 2.31. The van der Waals surface area contributed by atoms with Gasteiger partial charge in [0.1, 0.15) is 6.07 Å². The van der Waals surface area contributed by atoms with Gasteiger partial charge in [0, 0.05) is 11.0 Å². The highest BCUT2D eigenvalue weighted by Gasteiger charge is 2.22. The quantitative estimate of drug-likeness (QED) is 0.574. The Morgan fingerprint density at radius 2 is 2.07 bits per heavy atom. The van der Waals surface area contributed by atoms with E-state index < -0.39 is 0 Å². The van der Waals surface area contributed by atoms with Crippen LogP contribution < -0.4 is 14.8 Å². The number of nitrogens with zero attached hydrogens (tertiary/aromatic N) is 1. The van der Waals surface area contributed by atoms with Gasteiger partial charge in [-0.05, 0) is 41.1 Å². The molecule has 6 heteroatoms. The molecule has 1 heterocycles. The second-order valence-corrected chi connectivity index (χ2v) is 7.25. The number of nitriles is 1. The Labute approximate surface area is 170 Å². The molecule has 0 aliphatic heterocycles. The van der Waals surface area contributed by atoms with Gasteiger partial charge in [0.2, 0.25) is 5.91 Å². The van der Waals surface area contributed by atoms with Crippen LogP contribution in [-0.4, -0.2) is 19.6 Å². The van der Waals surface area contributed by atoms with Crippen LogP contribution in [0.25, 0.3) is 6.08 Å². The van der Waals surface area contributed by atoms with Crippen LogP contribution in [0.4, 0.5) is 0 Å². The molecule has 0 radical (unpaired) electrons. The summed E-state index contributed by atoms with van der Waals surface area (Å²) in [5, 5.41) is 13.8. The summed E-state index contributed by atoms with van der Waals surface area (Å²) in [5.41, 5.74) is 0.812. The van der Waals surface area contributed by atoms with Crippen LogP contribution in [0, 0.1) is 17.2 Å². The number of benzene rings is 1. The molecule has 1 aromatic heterocycles. The zero-order valence-corrected chi connectivity index (χ0v) is 17.3. The summed E-state index contributed by atoms with van der Waals surface area (Å²) in [4.78, 5) is 13.7. The highest BCUT2D eigenvalue weighted by atomic mass is 32.1. The molecular weight excluding hydrogens is 372 g/mol. The molecule has 0 fully saturated rings. The molecule has 5 nitrogen and oxygen atoms in total. The van der Waals surface area contributed by atoms with Crippen LogP contribution in [0.2, 0.25) is 0 Å². The molecule has 2 rings (SSSR count). The predicted molar refractivity (Wildman–Crippen MR) is 112 cm³/mol. The Hall–Kier alpha value is -2.78. The summed E-state index contributed by atoms with van der Waals surface area (Å²) >= 11 is 1.67. The fourth-order valence-corrected chi connectivity index (χ4v) is 3.91. The number of hydrogen-bond acceptors (Lipinski definition) is 5. The number of methoxy groups -OCH3 is 1. The number of amides is 1. The third kappa shape index (κ3) is 5.86. The monoisotopic (exact) mass is 398 g/mol. The van der Waals surface area contributed by atoms with Gasteiger partial charge < -0.3 is 14.8 Å². The van der Waals surface area contributed by atoms with Crippen molar-refractivity contribution in [2.24, 2.45) is 5.92 Å². The van der Waals surface area contributed by atoms with Crippen molar-refractivity contribution < 1.29 is 14.3 Å². The van der Waals surface area contributed by atoms with E-state index in [-0.39, 0.29) is 18.6 Å². The van der Waals surface area contributed by atoms with E-state index in [1.807, 2.05) is 23.6 Å². The number of carbonyl (C=O) groups excluding carboxylic acids is 1. The second kappa shape index (κ2) is 11.2. The van der Waals surface area contributed by atoms with Gasteiger partial charge in [-0.15, -0.1) is 11.3 Å². The molecular formula is C22H26N2O3S. The number of carbonyl (C=O) groups is 1. The van der Waals surface area contributed by atoms with Crippen molar-refractivity contribution in [1.82, 2.24) is 5.32 Å². The predicted octanol–water partition coefficient (Wildman–Crippen LogP) is 4.97. The van der Waals surface area contributed by atoms with E-state index in [1.165, 1.54) is 18.1 Å². The van der Waals surface area contributed by atoms with Gasteiger partial charge in [0.25, 0.3) is 0 Å². The summed E-state index contributed by atoms with van der Waals surface area (Å²) < 4.78 is 10.6. The van der Waals surface area contributed by atoms with Gasteiger partial charge >= 0.3 is 0 Å². The molecule has 0 saturated carbocycles. The second-order valence-electron chi connectivity index (χ2n) is 6.27. The molecule has 1 unspecified atom stereocenters. The van der Waals surface area contributed by atoms with Crippen LogP contribution >= 0.6 is 11.3 Å². The Bertz CT molecular complexity index is 821. The Morgan fingerprint density at radius 1 is 1.29 bits per heavy atom. The maximum atomic E-state index is 12.5. The molecule has 1 atom stereocenters. The zero-order chi connectivity index (χ0) is 20.4. The molecule has 1 amide bonds. The minimum Gasteiger partial charge on any atom is -0.493 e. The topological polar surface area (TPSA) is 71.3 Å². The average molecular weight is 399 g/mol. The number of nitrogens with one attached hydrogen (secondary N) is 1. The van der Waals surface area contributed by atoms with Gasteiger partial charge in [-0.3, -0.25) is 4.79 Å². The van der Waals surface area contributed by atoms with Crippen molar-refractivity contribution >= 4 is 23.3 Å². The van der Waals surface area contributed by atoms with Crippen LogP contribution in [0.5, 0.6) is 11.5 Å². The lowest BCUT2D eigenvalue weighted by Crippen LogP contribution is -2.31. The van der Waals surface area contributed by atoms with E-state index in [2.05, 4.69) is 25.2 Å². The SMILES string of the molecule is CCC(CC)C(NC(=O)C=Cc1ccc(OCC#N)c(OC)c1)c1cccs1. The van der Waals surface area contributed by atoms with Crippen LogP contribution in [-0.2, 0) is 4.79 Å². The number of rotatable bonds is 10. The van der Waals surface area contributed by atoms with E-state index >= 15 is 0 Å². The van der Waals surface area contributed by atoms with Crippen LogP contribution in [0.15, 0.2) is 41.8 Å². The van der Waals surface area contributed by atoms with Crippen molar-refractivity contribution in [3.63, 3.8) is 0 Å². The summed E-state index contributed by atoms with van der Waals surface area (Å²) in [5.74, 6) is 1.28. The van der Waals surface area contributed by atoms with Gasteiger partial charge in [-0.1, -0.05) is 38.8 Å². The molecule has 0 bridgehead atoms. The lowest BCUT2D eigenvalue weighted by atomic mass is 9.93. The van der Waals surface area contributed by atoms with Gasteiger partial charge in [0.05, 0.1) is 13.2 Å². The molecule has 1 N–H and O–H groups in total. The van der Waals surface area contributed by atoms with E-state index in [0.717, 1.165) is 18.4 Å². The Morgan fingerprint density at radius 3 is 2.68 bits per heavy atom. The first-order valence-corrected chi connectivity index (χ1v) is 10.2. The van der Waals surface area contributed by atoms with Gasteiger partial charge in [-0.25, -0.2) is 0 Å². The normalized spacial score (nSPS) is 12.0. The lowest BCUT2D eigenvalue weighted by molar-refractivity contribution is -0.117. The number of thiophene rings is 1. The van der Waals surface area contributed by atoms with Crippen molar-refractivity contribution in [3.05, 3.63) is 52.2 Å². The van der Waals surface area contributed by atoms with E-state index in [4.69, 9.17) is 14.7 Å². The third-order valence-electron chi connectivity index (χ3n) is 4.57. The van der Waals surface area contributed by atoms with E-state index in [1.54, 1.807) is 29.5 Å². The van der Waals surface area contributed by atoms with Crippen molar-refractivity contribution in [1.29, 1.82) is 5.26 Å². The van der Waals surface area contributed by atoms with Gasteiger partial charge in [-0.2, -0.15) is 5.26 Å². The van der Waals surface area contributed by atoms with Crippen molar-refractivity contribution in [2.45, 2.75) is 32.7 Å². The largest absolute Gasteiger partial charge is 0.493 e. The van der Waals surface area contributed by atoms with Crippen molar-refractivity contribution in [3.8, 4) is 17.6 Å². The standard InChI is InChI=1S/C22H26N2O3S/c1-4-17(5-2)22(20-7-6-14-28-20)24-21(25)11-9-16-8-10-18(27-13-12-23)19(15-16)26-3/h6-11,14-15,17,22H,4-5,13H2,1-3H3,(H,24,25). The van der Waals surface area contributed by atoms with E-state index in [0.29, 0.717) is 17.4 Å². The maximum absolute atomic E-state index is 12.5. The molecule has 148 valence electrons. The molecule has 0 aliphatic carbocycles. The minimum atomic E-state index is -0.130. The summed E-state index contributed by atoms with van der Waals surface area (Å²) in [7, 11) is 1.54. The maximum Gasteiger partial charge on any atom is 0.244 e. The van der Waals surface area contributed by atoms with Crippen LogP contribution in [0.1, 0.15) is 43.2 Å². The molecule has 0 aliphatic rings. The molecule has 2 aromatic rings. The first-order valence-electron chi connectivity index (χ1n) is 9.32. The summed E-state index contributed by atoms with van der Waals surface area (Å²) in [6.45, 7) is 4.26. The van der Waals surface area contributed by atoms with Crippen molar-refractivity contribution in [2.75, 3.05) is 13.7 Å². The molecule has 0 saturated heterocycles. The summed E-state index contributed by atoms with van der Waals surface area (Å²) in [6, 6.07) is 11.3. The zero-order valence-electron chi connectivity index (χ0n) is 16.5. The first kappa shape index (κ1) is 21.5. The smallest absolute Gasteiger partial charge is 0.244 e. The lowest BCUT2D eigenvalue weighted by Gasteiger charge is -2.25. The third-order valence-corrected chi connectivity index (χ3v) is 5.53. The number of hydrogen-bond donors (Lipinski definition) is 1. The minimum absolute atomic E-state index is 0.0171. The Balaban J connectivity index is 2.10. The average Bonchev–Trinajstić information content (AvgIpc) is 3.25. The first-order chi connectivity index (χ1) is 13.6. The Kier molecular flexibility index (Phi) is 8.57. The fraction of sp³-hybridized carbons (Fsp3) is 0.364.